The average molecular weight is 393 g/mol. The fraction of sp³-hybridized carbons (Fsp3) is 0.875. The number of aliphatic carboxylic acids is 1. The van der Waals surface area contributed by atoms with Crippen molar-refractivity contribution in [2.24, 2.45) is 29.1 Å². The Bertz CT molecular complexity index is 565. The van der Waals surface area contributed by atoms with Gasteiger partial charge in [0.15, 0.2) is 0 Å². The maximum Gasteiger partial charge on any atom is 0.303 e. The lowest BCUT2D eigenvalue weighted by molar-refractivity contribution is -0.136. The fourth-order valence-electron chi connectivity index (χ4n) is 7.02. The Kier molecular flexibility index (Phi) is 7.25. The van der Waals surface area contributed by atoms with Gasteiger partial charge in [-0.25, -0.2) is 0 Å². The number of allylic oxidation sites excluding steroid dienone is 2. The van der Waals surface area contributed by atoms with Crippen LogP contribution >= 0.6 is 0 Å². The van der Waals surface area contributed by atoms with E-state index in [9.17, 15) is 15.0 Å². The van der Waals surface area contributed by atoms with Crippen LogP contribution in [0.5, 0.6) is 0 Å². The minimum Gasteiger partial charge on any atom is -0.481 e. The normalized spacial score (nSPS) is 38.6. The van der Waals surface area contributed by atoms with Crippen molar-refractivity contribution in [2.45, 2.75) is 103 Å². The minimum atomic E-state index is -0.737. The molecule has 0 amide bonds. The van der Waals surface area contributed by atoms with E-state index >= 15 is 0 Å². The Hall–Kier alpha value is -0.870. The van der Waals surface area contributed by atoms with Crippen LogP contribution in [0.15, 0.2) is 11.6 Å². The monoisotopic (exact) mass is 392 g/mol. The number of carbonyl (C=O) groups is 1. The molecule has 4 nitrogen and oxygen atoms in total. The molecule has 0 aromatic heterocycles. The van der Waals surface area contributed by atoms with Crippen molar-refractivity contribution in [3.8, 4) is 0 Å². The van der Waals surface area contributed by atoms with E-state index in [1.165, 1.54) is 24.8 Å². The highest BCUT2D eigenvalue weighted by molar-refractivity contribution is 5.66. The topological polar surface area (TPSA) is 77.8 Å². The Labute approximate surface area is 170 Å². The lowest BCUT2D eigenvalue weighted by Crippen LogP contribution is -2.58. The van der Waals surface area contributed by atoms with Gasteiger partial charge in [0.05, 0.1) is 12.2 Å². The molecule has 160 valence electrons. The molecule has 0 heterocycles. The molecule has 3 N–H and O–H groups in total. The molecule has 6 atom stereocenters. The summed E-state index contributed by atoms with van der Waals surface area (Å²) in [4.78, 5) is 10.9. The van der Waals surface area contributed by atoms with Crippen molar-refractivity contribution in [3.05, 3.63) is 11.6 Å². The average Bonchev–Trinajstić information content (AvgIpc) is 2.70. The lowest BCUT2D eigenvalue weighted by Gasteiger charge is -2.64. The second-order valence-corrected chi connectivity index (χ2v) is 9.73. The van der Waals surface area contributed by atoms with Gasteiger partial charge < -0.3 is 15.3 Å². The van der Waals surface area contributed by atoms with Crippen LogP contribution in [-0.4, -0.2) is 33.5 Å². The van der Waals surface area contributed by atoms with E-state index in [2.05, 4.69) is 19.9 Å². The summed E-state index contributed by atoms with van der Waals surface area (Å²) in [5.41, 5.74) is 1.59. The third-order valence-corrected chi connectivity index (χ3v) is 8.43. The van der Waals surface area contributed by atoms with Crippen molar-refractivity contribution < 1.29 is 20.1 Å². The summed E-state index contributed by atoms with van der Waals surface area (Å²) in [6.45, 7) is 4.50. The summed E-state index contributed by atoms with van der Waals surface area (Å²) in [5.74, 6) is 0.866. The first-order valence-electron chi connectivity index (χ1n) is 11.7. The Morgan fingerprint density at radius 3 is 2.61 bits per heavy atom. The third kappa shape index (κ3) is 4.18. The first kappa shape index (κ1) is 21.8. The van der Waals surface area contributed by atoms with Crippen LogP contribution in [0.1, 0.15) is 90.9 Å². The largest absolute Gasteiger partial charge is 0.481 e. The van der Waals surface area contributed by atoms with E-state index < -0.39 is 5.97 Å². The smallest absolute Gasteiger partial charge is 0.303 e. The van der Waals surface area contributed by atoms with Crippen LogP contribution in [0.4, 0.5) is 0 Å². The van der Waals surface area contributed by atoms with E-state index in [1.54, 1.807) is 0 Å². The number of carboxylic acids is 1. The van der Waals surface area contributed by atoms with Crippen LogP contribution < -0.4 is 0 Å². The van der Waals surface area contributed by atoms with Crippen molar-refractivity contribution in [2.75, 3.05) is 0 Å². The number of aliphatic hydroxyl groups excluding tert-OH is 2. The number of fused-ring (bicyclic) bond motifs is 1. The van der Waals surface area contributed by atoms with E-state index in [0.717, 1.165) is 44.9 Å². The highest BCUT2D eigenvalue weighted by Crippen LogP contribution is 2.66. The molecule has 0 aliphatic heterocycles. The summed E-state index contributed by atoms with van der Waals surface area (Å²) >= 11 is 0. The summed E-state index contributed by atoms with van der Waals surface area (Å²) in [5, 5.41) is 30.5. The van der Waals surface area contributed by atoms with Crippen LogP contribution in [0.3, 0.4) is 0 Å². The van der Waals surface area contributed by atoms with Gasteiger partial charge in [0.1, 0.15) is 0 Å². The summed E-state index contributed by atoms with van der Waals surface area (Å²) < 4.78 is 0. The van der Waals surface area contributed by atoms with Crippen molar-refractivity contribution in [3.63, 3.8) is 0 Å². The molecule has 3 aliphatic carbocycles. The zero-order valence-corrected chi connectivity index (χ0v) is 17.8. The molecule has 3 rings (SSSR count). The molecule has 2 unspecified atom stereocenters. The van der Waals surface area contributed by atoms with Gasteiger partial charge in [-0.2, -0.15) is 0 Å². The molecule has 28 heavy (non-hydrogen) atoms. The van der Waals surface area contributed by atoms with Gasteiger partial charge in [0.25, 0.3) is 0 Å². The van der Waals surface area contributed by atoms with Crippen LogP contribution in [-0.2, 0) is 4.79 Å². The molecule has 0 aromatic rings. The quantitative estimate of drug-likeness (QED) is 0.512. The van der Waals surface area contributed by atoms with E-state index in [4.69, 9.17) is 5.11 Å². The van der Waals surface area contributed by atoms with E-state index in [0.29, 0.717) is 24.2 Å². The highest BCUT2D eigenvalue weighted by atomic mass is 16.4. The van der Waals surface area contributed by atoms with Gasteiger partial charge in [0, 0.05) is 6.42 Å². The lowest BCUT2D eigenvalue weighted by atomic mass is 9.41. The molecule has 3 fully saturated rings. The van der Waals surface area contributed by atoms with Gasteiger partial charge in [-0.05, 0) is 80.5 Å². The predicted molar refractivity (Wildman–Crippen MR) is 111 cm³/mol. The molecular weight excluding hydrogens is 352 g/mol. The standard InChI is InChI=1S/C24H40O4/c1-3-24-15-14-21(26)18(12-13-20(25)17-8-5-4-6-9-17)23(24)16(2)19(24)10-7-11-22(27)28/h10,16-18,20-21,23,25-26H,3-9,11-15H2,1-2H3,(H,27,28)/t16?,18-,20?,21+,23+,24+/m1/s1. The molecule has 0 saturated heterocycles. The zero-order chi connectivity index (χ0) is 20.3. The number of aliphatic hydroxyl groups is 2. The molecule has 0 aromatic carbocycles. The molecule has 0 bridgehead atoms. The first-order valence-corrected chi connectivity index (χ1v) is 11.7. The van der Waals surface area contributed by atoms with Gasteiger partial charge in [0.2, 0.25) is 0 Å². The van der Waals surface area contributed by atoms with E-state index in [1.807, 2.05) is 0 Å². The van der Waals surface area contributed by atoms with Crippen molar-refractivity contribution in [1.82, 2.24) is 0 Å². The summed E-state index contributed by atoms with van der Waals surface area (Å²) in [6, 6.07) is 0. The van der Waals surface area contributed by atoms with Crippen LogP contribution in [0.2, 0.25) is 0 Å². The number of hydrogen-bond donors (Lipinski definition) is 3. The van der Waals surface area contributed by atoms with Crippen molar-refractivity contribution in [1.29, 1.82) is 0 Å². The first-order chi connectivity index (χ1) is 13.4. The van der Waals surface area contributed by atoms with Crippen LogP contribution in [0, 0.1) is 29.1 Å². The summed E-state index contributed by atoms with van der Waals surface area (Å²) in [6.07, 6.45) is 13.3. The molecule has 0 radical (unpaired) electrons. The molecule has 3 aliphatic rings. The zero-order valence-electron chi connectivity index (χ0n) is 17.8. The number of rotatable bonds is 8. The molecular formula is C24H40O4. The Morgan fingerprint density at radius 1 is 1.25 bits per heavy atom. The van der Waals surface area contributed by atoms with Gasteiger partial charge in [-0.15, -0.1) is 0 Å². The SMILES string of the molecule is CC[C@@]12CC[C@H](O)[C@@H](CCC(O)C3CCCCC3)[C@@H]1C(C)C2=CCCC(=O)O. The maximum absolute atomic E-state index is 10.9. The number of hydrogen-bond acceptors (Lipinski definition) is 3. The molecule has 0 spiro atoms. The molecule has 3 saturated carbocycles. The summed E-state index contributed by atoms with van der Waals surface area (Å²) in [7, 11) is 0. The minimum absolute atomic E-state index is 0.150. The predicted octanol–water partition coefficient (Wildman–Crippen LogP) is 4.93. The van der Waals surface area contributed by atoms with Crippen molar-refractivity contribution >= 4 is 5.97 Å². The molecule has 4 heteroatoms. The fourth-order valence-corrected chi connectivity index (χ4v) is 7.02. The number of carboxylic acid groups (broad SMARTS) is 1. The second-order valence-electron chi connectivity index (χ2n) is 9.73. The van der Waals surface area contributed by atoms with Gasteiger partial charge >= 0.3 is 5.97 Å². The highest BCUT2D eigenvalue weighted by Gasteiger charge is 2.60. The van der Waals surface area contributed by atoms with Crippen LogP contribution in [0.25, 0.3) is 0 Å². The Balaban J connectivity index is 1.66. The third-order valence-electron chi connectivity index (χ3n) is 8.43. The van der Waals surface area contributed by atoms with Gasteiger partial charge in [-0.3, -0.25) is 4.79 Å². The Morgan fingerprint density at radius 2 is 1.96 bits per heavy atom. The van der Waals surface area contributed by atoms with E-state index in [-0.39, 0.29) is 30.0 Å². The second kappa shape index (κ2) is 9.30. The maximum atomic E-state index is 10.9. The van der Waals surface area contributed by atoms with Gasteiger partial charge in [-0.1, -0.05) is 44.8 Å².